The SMILES string of the molecule is O=C(O)C(c1ccc(C(F)(F)F)cc1)c1cccs1. The molecule has 0 saturated carbocycles. The highest BCUT2D eigenvalue weighted by atomic mass is 32.1. The molecule has 19 heavy (non-hydrogen) atoms. The fraction of sp³-hybridized carbons (Fsp3) is 0.154. The van der Waals surface area contributed by atoms with Crippen LogP contribution in [0, 0.1) is 0 Å². The Morgan fingerprint density at radius 2 is 1.79 bits per heavy atom. The van der Waals surface area contributed by atoms with Crippen LogP contribution in [0.15, 0.2) is 41.8 Å². The zero-order valence-electron chi connectivity index (χ0n) is 9.52. The Kier molecular flexibility index (Phi) is 3.61. The second-order valence-corrected chi connectivity index (χ2v) is 4.89. The zero-order chi connectivity index (χ0) is 14.0. The van der Waals surface area contributed by atoms with Crippen molar-refractivity contribution in [2.45, 2.75) is 12.1 Å². The molecule has 0 fully saturated rings. The zero-order valence-corrected chi connectivity index (χ0v) is 10.3. The predicted octanol–water partition coefficient (Wildman–Crippen LogP) is 3.98. The molecule has 1 heterocycles. The molecule has 0 aliphatic carbocycles. The number of carboxylic acid groups (broad SMARTS) is 1. The number of carbonyl (C=O) groups is 1. The normalized spacial score (nSPS) is 13.2. The average molecular weight is 286 g/mol. The molecular weight excluding hydrogens is 277 g/mol. The maximum absolute atomic E-state index is 12.4. The van der Waals surface area contributed by atoms with Gasteiger partial charge in [-0.05, 0) is 29.1 Å². The minimum Gasteiger partial charge on any atom is -0.481 e. The Morgan fingerprint density at radius 3 is 2.21 bits per heavy atom. The van der Waals surface area contributed by atoms with Gasteiger partial charge in [0.1, 0.15) is 5.92 Å². The highest BCUT2D eigenvalue weighted by Gasteiger charge is 2.31. The number of carboxylic acids is 1. The van der Waals surface area contributed by atoms with Crippen LogP contribution in [0.2, 0.25) is 0 Å². The number of halogens is 3. The van der Waals surface area contributed by atoms with Crippen LogP contribution in [0.1, 0.15) is 21.9 Å². The van der Waals surface area contributed by atoms with Gasteiger partial charge in [-0.15, -0.1) is 11.3 Å². The van der Waals surface area contributed by atoms with Crippen molar-refractivity contribution in [2.75, 3.05) is 0 Å². The quantitative estimate of drug-likeness (QED) is 0.926. The van der Waals surface area contributed by atoms with Gasteiger partial charge in [-0.25, -0.2) is 0 Å². The van der Waals surface area contributed by atoms with Gasteiger partial charge < -0.3 is 5.11 Å². The van der Waals surface area contributed by atoms with Crippen molar-refractivity contribution in [3.8, 4) is 0 Å². The van der Waals surface area contributed by atoms with Gasteiger partial charge in [0.2, 0.25) is 0 Å². The molecule has 100 valence electrons. The first-order chi connectivity index (χ1) is 8.89. The minimum atomic E-state index is -4.42. The van der Waals surface area contributed by atoms with Crippen molar-refractivity contribution in [3.63, 3.8) is 0 Å². The van der Waals surface area contributed by atoms with E-state index in [4.69, 9.17) is 0 Å². The van der Waals surface area contributed by atoms with Crippen molar-refractivity contribution in [1.29, 1.82) is 0 Å². The summed E-state index contributed by atoms with van der Waals surface area (Å²) in [6, 6.07) is 7.58. The monoisotopic (exact) mass is 286 g/mol. The molecule has 1 unspecified atom stereocenters. The third-order valence-electron chi connectivity index (χ3n) is 2.65. The molecule has 0 amide bonds. The summed E-state index contributed by atoms with van der Waals surface area (Å²) in [5.74, 6) is -2.01. The van der Waals surface area contributed by atoms with Crippen LogP contribution in [-0.2, 0) is 11.0 Å². The first-order valence-electron chi connectivity index (χ1n) is 5.33. The van der Waals surface area contributed by atoms with Gasteiger partial charge in [-0.2, -0.15) is 13.2 Å². The average Bonchev–Trinajstić information content (AvgIpc) is 2.82. The summed E-state index contributed by atoms with van der Waals surface area (Å²) >= 11 is 1.26. The topological polar surface area (TPSA) is 37.3 Å². The van der Waals surface area contributed by atoms with Crippen LogP contribution >= 0.6 is 11.3 Å². The summed E-state index contributed by atoms with van der Waals surface area (Å²) in [6.07, 6.45) is -4.42. The summed E-state index contributed by atoms with van der Waals surface area (Å²) in [6.45, 7) is 0. The smallest absolute Gasteiger partial charge is 0.416 e. The molecule has 1 N–H and O–H groups in total. The third-order valence-corrected chi connectivity index (χ3v) is 3.58. The Labute approximate surface area is 111 Å². The molecular formula is C13H9F3O2S. The highest BCUT2D eigenvalue weighted by molar-refractivity contribution is 7.10. The fourth-order valence-corrected chi connectivity index (χ4v) is 2.59. The van der Waals surface area contributed by atoms with E-state index in [0.29, 0.717) is 10.4 Å². The van der Waals surface area contributed by atoms with E-state index >= 15 is 0 Å². The van der Waals surface area contributed by atoms with Gasteiger partial charge in [0, 0.05) is 4.88 Å². The number of hydrogen-bond acceptors (Lipinski definition) is 2. The lowest BCUT2D eigenvalue weighted by Crippen LogP contribution is -2.12. The molecule has 6 heteroatoms. The molecule has 1 atom stereocenters. The van der Waals surface area contributed by atoms with Crippen molar-refractivity contribution in [2.24, 2.45) is 0 Å². The van der Waals surface area contributed by atoms with E-state index in [1.807, 2.05) is 0 Å². The van der Waals surface area contributed by atoms with Crippen LogP contribution in [0.4, 0.5) is 13.2 Å². The van der Waals surface area contributed by atoms with Crippen LogP contribution < -0.4 is 0 Å². The lowest BCUT2D eigenvalue weighted by molar-refractivity contribution is -0.138. The van der Waals surface area contributed by atoms with Crippen LogP contribution in [-0.4, -0.2) is 11.1 Å². The molecule has 0 spiro atoms. The van der Waals surface area contributed by atoms with E-state index in [1.54, 1.807) is 17.5 Å². The third kappa shape index (κ3) is 2.96. The minimum absolute atomic E-state index is 0.336. The van der Waals surface area contributed by atoms with Gasteiger partial charge in [-0.3, -0.25) is 4.79 Å². The van der Waals surface area contributed by atoms with Gasteiger partial charge >= 0.3 is 12.1 Å². The van der Waals surface area contributed by atoms with E-state index in [2.05, 4.69) is 0 Å². The van der Waals surface area contributed by atoms with Crippen molar-refractivity contribution in [1.82, 2.24) is 0 Å². The Bertz CT molecular complexity index is 559. The van der Waals surface area contributed by atoms with Gasteiger partial charge in [0.25, 0.3) is 0 Å². The van der Waals surface area contributed by atoms with Gasteiger partial charge in [0.15, 0.2) is 0 Å². The second-order valence-electron chi connectivity index (χ2n) is 3.91. The second kappa shape index (κ2) is 5.05. The number of hydrogen-bond donors (Lipinski definition) is 1. The maximum Gasteiger partial charge on any atom is 0.416 e. The number of thiophene rings is 1. The summed E-state index contributed by atoms with van der Waals surface area (Å²) in [4.78, 5) is 11.9. The summed E-state index contributed by atoms with van der Waals surface area (Å²) in [5, 5.41) is 10.9. The standard InChI is InChI=1S/C13H9F3O2S/c14-13(15,16)9-5-3-8(4-6-9)11(12(17)18)10-2-1-7-19-10/h1-7,11H,(H,17,18). The fourth-order valence-electron chi connectivity index (χ4n) is 1.75. The molecule has 0 saturated heterocycles. The molecule has 1 aromatic carbocycles. The predicted molar refractivity (Wildman–Crippen MR) is 65.2 cm³/mol. The van der Waals surface area contributed by atoms with E-state index in [9.17, 15) is 23.1 Å². The highest BCUT2D eigenvalue weighted by Crippen LogP contribution is 2.33. The van der Waals surface area contributed by atoms with Crippen LogP contribution in [0.3, 0.4) is 0 Å². The van der Waals surface area contributed by atoms with Gasteiger partial charge in [-0.1, -0.05) is 18.2 Å². The lowest BCUT2D eigenvalue weighted by Gasteiger charge is -2.12. The number of rotatable bonds is 3. The summed E-state index contributed by atoms with van der Waals surface area (Å²) in [7, 11) is 0. The first kappa shape index (κ1) is 13.6. The molecule has 2 aromatic rings. The Hall–Kier alpha value is -1.82. The first-order valence-corrected chi connectivity index (χ1v) is 6.21. The van der Waals surface area contributed by atoms with Crippen molar-refractivity contribution in [3.05, 3.63) is 57.8 Å². The molecule has 2 rings (SSSR count). The lowest BCUT2D eigenvalue weighted by atomic mass is 9.96. The molecule has 0 aliphatic heterocycles. The summed E-state index contributed by atoms with van der Waals surface area (Å²) in [5.41, 5.74) is -0.450. The number of benzene rings is 1. The molecule has 2 nitrogen and oxygen atoms in total. The largest absolute Gasteiger partial charge is 0.481 e. The summed E-state index contributed by atoms with van der Waals surface area (Å²) < 4.78 is 37.3. The van der Waals surface area contributed by atoms with Crippen molar-refractivity contribution < 1.29 is 23.1 Å². The number of alkyl halides is 3. The molecule has 0 bridgehead atoms. The van der Waals surface area contributed by atoms with E-state index in [1.165, 1.54) is 23.5 Å². The van der Waals surface area contributed by atoms with Crippen LogP contribution in [0.5, 0.6) is 0 Å². The number of aliphatic carboxylic acids is 1. The van der Waals surface area contributed by atoms with Crippen LogP contribution in [0.25, 0.3) is 0 Å². The van der Waals surface area contributed by atoms with Gasteiger partial charge in [0.05, 0.1) is 5.56 Å². The Morgan fingerprint density at radius 1 is 1.16 bits per heavy atom. The van der Waals surface area contributed by atoms with E-state index in [0.717, 1.165) is 12.1 Å². The van der Waals surface area contributed by atoms with Crippen molar-refractivity contribution >= 4 is 17.3 Å². The molecule has 0 aliphatic rings. The molecule has 0 radical (unpaired) electrons. The van der Waals surface area contributed by atoms with E-state index in [-0.39, 0.29) is 0 Å². The van der Waals surface area contributed by atoms with E-state index < -0.39 is 23.6 Å². The Balaban J connectivity index is 2.37. The molecule has 1 aromatic heterocycles. The maximum atomic E-state index is 12.4.